The van der Waals surface area contributed by atoms with Gasteiger partial charge in [0.2, 0.25) is 0 Å². The number of ether oxygens (including phenoxy) is 6. The first-order chi connectivity index (χ1) is 24.0. The summed E-state index contributed by atoms with van der Waals surface area (Å²) >= 11 is 0. The summed E-state index contributed by atoms with van der Waals surface area (Å²) < 4.78 is 39.1. The molecule has 11 nitrogen and oxygen atoms in total. The minimum Gasteiger partial charge on any atom is -0.459 e. The first kappa shape index (κ1) is 37.2. The highest BCUT2D eigenvalue weighted by molar-refractivity contribution is 5.68. The molecular formula is C40H50O11. The van der Waals surface area contributed by atoms with E-state index in [2.05, 4.69) is 6.58 Å². The molecule has 2 saturated carbocycles. The van der Waals surface area contributed by atoms with Gasteiger partial charge in [-0.25, -0.2) is 0 Å². The van der Waals surface area contributed by atoms with Crippen molar-refractivity contribution in [2.24, 2.45) is 23.7 Å². The zero-order chi connectivity index (χ0) is 37.1. The lowest BCUT2D eigenvalue weighted by molar-refractivity contribution is -0.402. The molecule has 2 bridgehead atoms. The molecule has 276 valence electrons. The summed E-state index contributed by atoms with van der Waals surface area (Å²) in [6.07, 6.45) is -5.69. The van der Waals surface area contributed by atoms with Crippen molar-refractivity contribution in [3.05, 3.63) is 83.9 Å². The third kappa shape index (κ3) is 5.63. The van der Waals surface area contributed by atoms with Crippen molar-refractivity contribution in [2.75, 3.05) is 0 Å². The molecule has 2 saturated heterocycles. The number of esters is 3. The summed E-state index contributed by atoms with van der Waals surface area (Å²) in [5.41, 5.74) is -4.60. The van der Waals surface area contributed by atoms with Crippen molar-refractivity contribution < 1.29 is 53.0 Å². The lowest BCUT2D eigenvalue weighted by Gasteiger charge is -2.63. The average Bonchev–Trinajstić information content (AvgIpc) is 3.27. The Hall–Kier alpha value is -3.61. The lowest BCUT2D eigenvalue weighted by Crippen LogP contribution is -2.80. The largest absolute Gasteiger partial charge is 0.459 e. The van der Waals surface area contributed by atoms with Gasteiger partial charge < -0.3 is 38.6 Å². The number of fused-ring (bicyclic) bond motifs is 3. The van der Waals surface area contributed by atoms with Crippen LogP contribution in [0.3, 0.4) is 0 Å². The second-order valence-electron chi connectivity index (χ2n) is 15.2. The summed E-state index contributed by atoms with van der Waals surface area (Å²) in [7, 11) is 0. The fraction of sp³-hybridized carbons (Fsp3) is 0.575. The average molecular weight is 707 g/mol. The van der Waals surface area contributed by atoms with Gasteiger partial charge >= 0.3 is 17.9 Å². The van der Waals surface area contributed by atoms with E-state index in [9.17, 15) is 24.6 Å². The molecule has 1 unspecified atom stereocenters. The molecule has 13 atom stereocenters. The Morgan fingerprint density at radius 2 is 1.33 bits per heavy atom. The molecule has 2 N–H and O–H groups in total. The van der Waals surface area contributed by atoms with Crippen LogP contribution in [0.2, 0.25) is 0 Å². The van der Waals surface area contributed by atoms with Crippen molar-refractivity contribution in [2.45, 2.75) is 121 Å². The highest BCUT2D eigenvalue weighted by Crippen LogP contribution is 2.70. The molecule has 11 heteroatoms. The van der Waals surface area contributed by atoms with Gasteiger partial charge in [-0.1, -0.05) is 81.1 Å². The zero-order valence-electron chi connectivity index (χ0n) is 30.4. The number of carbonyl (C=O) groups is 3. The van der Waals surface area contributed by atoms with Crippen LogP contribution in [0.1, 0.15) is 66.0 Å². The maximum Gasteiger partial charge on any atom is 0.303 e. The van der Waals surface area contributed by atoms with Crippen LogP contribution in [0.15, 0.2) is 72.8 Å². The molecule has 4 aliphatic rings. The van der Waals surface area contributed by atoms with Crippen LogP contribution in [0.5, 0.6) is 0 Å². The number of rotatable bonds is 10. The molecule has 2 aromatic rings. The molecule has 1 spiro atoms. The molecule has 2 aliphatic heterocycles. The van der Waals surface area contributed by atoms with E-state index in [1.165, 1.54) is 20.8 Å². The van der Waals surface area contributed by atoms with Crippen LogP contribution >= 0.6 is 0 Å². The Balaban J connectivity index is 1.61. The van der Waals surface area contributed by atoms with Crippen molar-refractivity contribution in [3.8, 4) is 0 Å². The second-order valence-corrected chi connectivity index (χ2v) is 15.2. The van der Waals surface area contributed by atoms with E-state index < -0.39 is 88.6 Å². The summed E-state index contributed by atoms with van der Waals surface area (Å²) in [6.45, 7) is 15.3. The van der Waals surface area contributed by atoms with Crippen molar-refractivity contribution in [1.29, 1.82) is 0 Å². The Morgan fingerprint density at radius 3 is 1.86 bits per heavy atom. The summed E-state index contributed by atoms with van der Waals surface area (Å²) in [5.74, 6) is -5.45. The monoisotopic (exact) mass is 706 g/mol. The fourth-order valence-electron chi connectivity index (χ4n) is 10.0. The van der Waals surface area contributed by atoms with Gasteiger partial charge in [-0.15, -0.1) is 0 Å². The molecule has 2 aromatic carbocycles. The Kier molecular flexibility index (Phi) is 9.78. The van der Waals surface area contributed by atoms with Crippen molar-refractivity contribution >= 4 is 17.9 Å². The van der Waals surface area contributed by atoms with E-state index in [-0.39, 0.29) is 25.6 Å². The smallest absolute Gasteiger partial charge is 0.303 e. The van der Waals surface area contributed by atoms with E-state index in [4.69, 9.17) is 28.4 Å². The summed E-state index contributed by atoms with van der Waals surface area (Å²) in [6, 6.07) is 18.8. The van der Waals surface area contributed by atoms with Gasteiger partial charge in [-0.3, -0.25) is 14.4 Å². The maximum absolute atomic E-state index is 13.7. The molecule has 2 heterocycles. The highest BCUT2D eigenvalue weighted by Gasteiger charge is 2.87. The molecule has 6 rings (SSSR count). The second kappa shape index (κ2) is 13.4. The number of aliphatic hydroxyl groups excluding tert-OH is 1. The summed E-state index contributed by atoms with van der Waals surface area (Å²) in [4.78, 5) is 39.3. The van der Waals surface area contributed by atoms with Gasteiger partial charge in [-0.2, -0.15) is 0 Å². The Labute approximate surface area is 299 Å². The minimum atomic E-state index is -1.95. The first-order valence-corrected chi connectivity index (χ1v) is 17.7. The Morgan fingerprint density at radius 1 is 0.824 bits per heavy atom. The molecular weight excluding hydrogens is 656 g/mol. The third-order valence-corrected chi connectivity index (χ3v) is 11.9. The van der Waals surface area contributed by atoms with Gasteiger partial charge in [0.25, 0.3) is 0 Å². The SMILES string of the molecule is C=C(C)[C@@]1(OCc2ccccc2)[C@H](OC(C)=O)[C@@H]2[C@H](OC(C)=O)[C@@]3(C)O[C@@]4(C(C[C@H](C)[C@@H]4O)[C@@]2(O)[C@H](C)[C@@H]1OC(C)=O)[C@@H]3OCc1ccccc1. The Bertz CT molecular complexity index is 1650. The number of carbonyl (C=O) groups excluding carboxylic acids is 3. The summed E-state index contributed by atoms with van der Waals surface area (Å²) in [5, 5.41) is 25.7. The van der Waals surface area contributed by atoms with E-state index in [0.717, 1.165) is 11.1 Å². The van der Waals surface area contributed by atoms with Gasteiger partial charge in [0.05, 0.1) is 30.8 Å². The van der Waals surface area contributed by atoms with E-state index in [1.807, 2.05) is 67.6 Å². The van der Waals surface area contributed by atoms with Crippen LogP contribution in [-0.2, 0) is 56.0 Å². The lowest BCUT2D eigenvalue weighted by atomic mass is 9.52. The van der Waals surface area contributed by atoms with Gasteiger partial charge in [0.15, 0.2) is 5.60 Å². The highest BCUT2D eigenvalue weighted by atomic mass is 16.7. The van der Waals surface area contributed by atoms with Crippen LogP contribution in [0, 0.1) is 23.7 Å². The first-order valence-electron chi connectivity index (χ1n) is 17.7. The number of aliphatic hydroxyl groups is 2. The van der Waals surface area contributed by atoms with E-state index in [1.54, 1.807) is 20.8 Å². The van der Waals surface area contributed by atoms with Crippen molar-refractivity contribution in [3.63, 3.8) is 0 Å². The molecule has 0 aromatic heterocycles. The molecule has 0 radical (unpaired) electrons. The minimum absolute atomic E-state index is 0.000968. The van der Waals surface area contributed by atoms with E-state index in [0.29, 0.717) is 5.57 Å². The predicted molar refractivity (Wildman–Crippen MR) is 184 cm³/mol. The number of benzene rings is 2. The van der Waals surface area contributed by atoms with Crippen molar-refractivity contribution in [1.82, 2.24) is 0 Å². The van der Waals surface area contributed by atoms with Crippen LogP contribution < -0.4 is 0 Å². The zero-order valence-corrected chi connectivity index (χ0v) is 30.4. The van der Waals surface area contributed by atoms with Crippen LogP contribution in [-0.4, -0.2) is 81.0 Å². The quantitative estimate of drug-likeness (QED) is 0.205. The number of hydrogen-bond donors (Lipinski definition) is 2. The fourth-order valence-corrected chi connectivity index (χ4v) is 10.0. The normalized spacial score (nSPS) is 40.8. The molecule has 4 fully saturated rings. The van der Waals surface area contributed by atoms with Crippen LogP contribution in [0.4, 0.5) is 0 Å². The van der Waals surface area contributed by atoms with E-state index >= 15 is 0 Å². The molecule has 51 heavy (non-hydrogen) atoms. The predicted octanol–water partition coefficient (Wildman–Crippen LogP) is 4.45. The molecule has 0 amide bonds. The maximum atomic E-state index is 13.7. The topological polar surface area (TPSA) is 147 Å². The molecule has 2 aliphatic carbocycles. The van der Waals surface area contributed by atoms with Crippen LogP contribution in [0.25, 0.3) is 0 Å². The number of hydrogen-bond acceptors (Lipinski definition) is 11. The van der Waals surface area contributed by atoms with Gasteiger partial charge in [0, 0.05) is 32.6 Å². The van der Waals surface area contributed by atoms with Gasteiger partial charge in [-0.05, 0) is 42.9 Å². The van der Waals surface area contributed by atoms with Gasteiger partial charge in [0.1, 0.15) is 35.6 Å². The third-order valence-electron chi connectivity index (χ3n) is 11.9. The standard InChI is InChI=1S/C40H50O11/c1-22(2)39(47-21-29-17-13-10-14-18-29)33(48-25(5)41)24(4)38(45)30-19-23(3)32(44)40(30)36(46-20-28-15-11-9-12-16-28)37(8,51-40)34(49-26(6)42)31(38)35(39)50-27(7)43/h9-18,23-24,30-36,44-45H,1,19-21H2,2-8H3/t23-,24+,30?,31-,32-,33-,34-,35+,36+,37+,38-,39-,40+/m0/s1.